The molecule has 2 aromatic rings. The third kappa shape index (κ3) is 4.28. The van der Waals surface area contributed by atoms with Gasteiger partial charge in [-0.15, -0.1) is 11.3 Å². The maximum Gasteiger partial charge on any atom is 0.225 e. The van der Waals surface area contributed by atoms with Crippen LogP contribution >= 0.6 is 22.9 Å². The number of hydrogen-bond acceptors (Lipinski definition) is 5. The second kappa shape index (κ2) is 6.46. The van der Waals surface area contributed by atoms with E-state index in [1.165, 1.54) is 4.88 Å². The molecule has 0 saturated carbocycles. The minimum absolute atomic E-state index is 0.150. The van der Waals surface area contributed by atoms with E-state index in [0.29, 0.717) is 5.28 Å². The lowest BCUT2D eigenvalue weighted by Gasteiger charge is -2.28. The molecule has 0 aromatic carbocycles. The van der Waals surface area contributed by atoms with E-state index >= 15 is 0 Å². The van der Waals surface area contributed by atoms with Gasteiger partial charge in [-0.1, -0.05) is 20.8 Å². The quantitative estimate of drug-likeness (QED) is 0.817. The van der Waals surface area contributed by atoms with E-state index in [-0.39, 0.29) is 5.41 Å². The SMILES string of the molecule is CCc1cc2c(NCC(C)(C)CN(C)C)nc(Cl)nc2s1. The number of fused-ring (bicyclic) bond motifs is 1. The van der Waals surface area contributed by atoms with Crippen molar-refractivity contribution in [3.05, 3.63) is 16.2 Å². The average Bonchev–Trinajstić information content (AvgIpc) is 2.77. The first-order chi connectivity index (χ1) is 9.80. The maximum atomic E-state index is 6.05. The standard InChI is InChI=1S/C15H23ClN4S/c1-6-10-7-11-12(18-14(16)19-13(11)21-10)17-8-15(2,3)9-20(4)5/h7H,6,8-9H2,1-5H3,(H,17,18,19). The van der Waals surface area contributed by atoms with Gasteiger partial charge in [-0.25, -0.2) is 9.97 Å². The third-order valence-electron chi connectivity index (χ3n) is 3.24. The van der Waals surface area contributed by atoms with Crippen LogP contribution in [0, 0.1) is 5.41 Å². The molecule has 2 heterocycles. The number of aryl methyl sites for hydroxylation is 1. The van der Waals surface area contributed by atoms with Gasteiger partial charge >= 0.3 is 0 Å². The van der Waals surface area contributed by atoms with Gasteiger partial charge in [0.15, 0.2) is 0 Å². The van der Waals surface area contributed by atoms with Crippen molar-refractivity contribution in [1.29, 1.82) is 0 Å². The van der Waals surface area contributed by atoms with Gasteiger partial charge < -0.3 is 10.2 Å². The zero-order valence-electron chi connectivity index (χ0n) is 13.3. The van der Waals surface area contributed by atoms with Crippen molar-refractivity contribution in [3.8, 4) is 0 Å². The van der Waals surface area contributed by atoms with E-state index in [9.17, 15) is 0 Å². The van der Waals surface area contributed by atoms with E-state index in [1.807, 2.05) is 0 Å². The van der Waals surface area contributed by atoms with E-state index < -0.39 is 0 Å². The summed E-state index contributed by atoms with van der Waals surface area (Å²) in [5.74, 6) is 0.841. The van der Waals surface area contributed by atoms with Gasteiger partial charge in [0.2, 0.25) is 5.28 Å². The molecule has 0 fully saturated rings. The molecule has 116 valence electrons. The number of hydrogen-bond donors (Lipinski definition) is 1. The lowest BCUT2D eigenvalue weighted by atomic mass is 9.93. The monoisotopic (exact) mass is 326 g/mol. The molecule has 0 spiro atoms. The Morgan fingerprint density at radius 1 is 1.33 bits per heavy atom. The van der Waals surface area contributed by atoms with Crippen LogP contribution in [-0.4, -0.2) is 42.1 Å². The van der Waals surface area contributed by atoms with Crippen LogP contribution in [-0.2, 0) is 6.42 Å². The first kappa shape index (κ1) is 16.5. The zero-order chi connectivity index (χ0) is 15.6. The lowest BCUT2D eigenvalue weighted by Crippen LogP contribution is -2.34. The van der Waals surface area contributed by atoms with Gasteiger partial charge in [-0.3, -0.25) is 0 Å². The Balaban J connectivity index is 2.23. The summed E-state index contributed by atoms with van der Waals surface area (Å²) < 4.78 is 0. The van der Waals surface area contributed by atoms with Crippen LogP contribution in [0.5, 0.6) is 0 Å². The highest BCUT2D eigenvalue weighted by Crippen LogP contribution is 2.31. The molecule has 2 aromatic heterocycles. The molecule has 0 aliphatic carbocycles. The fourth-order valence-electron chi connectivity index (χ4n) is 2.49. The second-order valence-corrected chi connectivity index (χ2v) is 7.84. The summed E-state index contributed by atoms with van der Waals surface area (Å²) in [5.41, 5.74) is 0.150. The minimum Gasteiger partial charge on any atom is -0.369 e. The first-order valence-electron chi connectivity index (χ1n) is 7.15. The predicted octanol–water partition coefficient (Wildman–Crippen LogP) is 3.91. The summed E-state index contributed by atoms with van der Waals surface area (Å²) in [5, 5.41) is 4.83. The van der Waals surface area contributed by atoms with E-state index in [1.54, 1.807) is 11.3 Å². The van der Waals surface area contributed by atoms with E-state index in [4.69, 9.17) is 11.6 Å². The van der Waals surface area contributed by atoms with Crippen molar-refractivity contribution in [2.75, 3.05) is 32.5 Å². The van der Waals surface area contributed by atoms with Gasteiger partial charge in [0.1, 0.15) is 10.6 Å². The molecular weight excluding hydrogens is 304 g/mol. The van der Waals surface area contributed by atoms with Crippen molar-refractivity contribution in [3.63, 3.8) is 0 Å². The number of halogens is 1. The summed E-state index contributed by atoms with van der Waals surface area (Å²) in [6, 6.07) is 2.16. The molecule has 2 rings (SSSR count). The average molecular weight is 327 g/mol. The highest BCUT2D eigenvalue weighted by atomic mass is 35.5. The fraction of sp³-hybridized carbons (Fsp3) is 0.600. The minimum atomic E-state index is 0.150. The van der Waals surface area contributed by atoms with Crippen molar-refractivity contribution in [1.82, 2.24) is 14.9 Å². The van der Waals surface area contributed by atoms with Crippen LogP contribution in [0.3, 0.4) is 0 Å². The van der Waals surface area contributed by atoms with Crippen LogP contribution in [0.15, 0.2) is 6.07 Å². The second-order valence-electron chi connectivity index (χ2n) is 6.38. The van der Waals surface area contributed by atoms with Crippen molar-refractivity contribution >= 4 is 39.0 Å². The molecule has 1 N–H and O–H groups in total. The summed E-state index contributed by atoms with van der Waals surface area (Å²) in [7, 11) is 4.18. The largest absolute Gasteiger partial charge is 0.369 e. The predicted molar refractivity (Wildman–Crippen MR) is 92.6 cm³/mol. The van der Waals surface area contributed by atoms with Crippen LogP contribution < -0.4 is 5.32 Å². The Bertz CT molecular complexity index is 621. The van der Waals surface area contributed by atoms with Crippen molar-refractivity contribution < 1.29 is 0 Å². The summed E-state index contributed by atoms with van der Waals surface area (Å²) in [6.45, 7) is 8.47. The maximum absolute atomic E-state index is 6.05. The first-order valence-corrected chi connectivity index (χ1v) is 8.35. The Labute approximate surface area is 135 Å². The van der Waals surface area contributed by atoms with Crippen LogP contribution in [0.1, 0.15) is 25.6 Å². The van der Waals surface area contributed by atoms with Gasteiger partial charge in [-0.2, -0.15) is 0 Å². The lowest BCUT2D eigenvalue weighted by molar-refractivity contribution is 0.254. The third-order valence-corrected chi connectivity index (χ3v) is 4.59. The molecule has 0 aliphatic heterocycles. The molecule has 4 nitrogen and oxygen atoms in total. The topological polar surface area (TPSA) is 41.0 Å². The van der Waals surface area contributed by atoms with Crippen LogP contribution in [0.4, 0.5) is 5.82 Å². The molecule has 0 atom stereocenters. The Morgan fingerprint density at radius 3 is 2.67 bits per heavy atom. The molecular formula is C15H23ClN4S. The highest BCUT2D eigenvalue weighted by Gasteiger charge is 2.20. The molecule has 0 saturated heterocycles. The summed E-state index contributed by atoms with van der Waals surface area (Å²) >= 11 is 7.73. The molecule has 0 unspecified atom stereocenters. The van der Waals surface area contributed by atoms with Crippen molar-refractivity contribution in [2.45, 2.75) is 27.2 Å². The van der Waals surface area contributed by atoms with Gasteiger partial charge in [0, 0.05) is 18.0 Å². The summed E-state index contributed by atoms with van der Waals surface area (Å²) in [6.07, 6.45) is 1.00. The summed E-state index contributed by atoms with van der Waals surface area (Å²) in [4.78, 5) is 13.1. The highest BCUT2D eigenvalue weighted by molar-refractivity contribution is 7.18. The number of aromatic nitrogens is 2. The van der Waals surface area contributed by atoms with Gasteiger partial charge in [-0.05, 0) is 43.6 Å². The molecule has 6 heteroatoms. The Kier molecular flexibility index (Phi) is 5.07. The van der Waals surface area contributed by atoms with E-state index in [0.717, 1.165) is 35.5 Å². The Morgan fingerprint density at radius 2 is 2.05 bits per heavy atom. The zero-order valence-corrected chi connectivity index (χ0v) is 14.9. The van der Waals surface area contributed by atoms with E-state index in [2.05, 4.69) is 61.1 Å². The molecule has 0 amide bonds. The normalized spacial score (nSPS) is 12.3. The number of nitrogens with zero attached hydrogens (tertiary/aromatic N) is 3. The van der Waals surface area contributed by atoms with Crippen LogP contribution in [0.2, 0.25) is 5.28 Å². The van der Waals surface area contributed by atoms with Crippen molar-refractivity contribution in [2.24, 2.45) is 5.41 Å². The molecule has 0 aliphatic rings. The number of thiophene rings is 1. The van der Waals surface area contributed by atoms with Gasteiger partial charge in [0.25, 0.3) is 0 Å². The molecule has 21 heavy (non-hydrogen) atoms. The molecule has 0 radical (unpaired) electrons. The van der Waals surface area contributed by atoms with Crippen LogP contribution in [0.25, 0.3) is 10.2 Å². The smallest absolute Gasteiger partial charge is 0.225 e. The number of anilines is 1. The number of rotatable bonds is 6. The number of nitrogens with one attached hydrogen (secondary N) is 1. The Hall–Kier alpha value is -0.910. The molecule has 0 bridgehead atoms. The fourth-order valence-corrected chi connectivity index (χ4v) is 3.68. The van der Waals surface area contributed by atoms with Gasteiger partial charge in [0.05, 0.1) is 5.39 Å².